The maximum Gasteiger partial charge on any atom is 0.316 e. The molecule has 1 aromatic heterocycles. The second kappa shape index (κ2) is 9.41. The van der Waals surface area contributed by atoms with Gasteiger partial charge < -0.3 is 15.0 Å². The first-order chi connectivity index (χ1) is 14.8. The molecule has 0 unspecified atom stereocenters. The van der Waals surface area contributed by atoms with E-state index in [1.165, 1.54) is 4.68 Å². The highest BCUT2D eigenvalue weighted by molar-refractivity contribution is 5.58. The predicted octanol–water partition coefficient (Wildman–Crippen LogP) is 2.23. The van der Waals surface area contributed by atoms with Gasteiger partial charge in [0.25, 0.3) is 0 Å². The fraction of sp³-hybridized carbons (Fsp3) is 0.250. The van der Waals surface area contributed by atoms with E-state index in [-0.39, 0.29) is 5.56 Å². The molecule has 1 saturated heterocycles. The zero-order chi connectivity index (χ0) is 20.8. The van der Waals surface area contributed by atoms with Crippen LogP contribution in [0, 0.1) is 0 Å². The number of hydrogen-bond donors (Lipinski definition) is 1. The van der Waals surface area contributed by atoms with Gasteiger partial charge in [0.05, 0.1) is 38.1 Å². The van der Waals surface area contributed by atoms with E-state index in [4.69, 9.17) is 4.74 Å². The summed E-state index contributed by atoms with van der Waals surface area (Å²) in [6.45, 7) is 6.02. The van der Waals surface area contributed by atoms with Crippen molar-refractivity contribution in [1.82, 2.24) is 9.78 Å². The molecule has 0 bridgehead atoms. The number of allylic oxidation sites excluding steroid dienone is 1. The molecule has 30 heavy (non-hydrogen) atoms. The van der Waals surface area contributed by atoms with Gasteiger partial charge in [-0.25, -0.2) is 0 Å². The van der Waals surface area contributed by atoms with Crippen molar-refractivity contribution in [2.45, 2.75) is 13.5 Å². The Labute approximate surface area is 176 Å². The summed E-state index contributed by atoms with van der Waals surface area (Å²) >= 11 is 0. The minimum Gasteiger partial charge on any atom is -0.481 e. The summed E-state index contributed by atoms with van der Waals surface area (Å²) in [4.78, 5) is 15.6. The van der Waals surface area contributed by atoms with E-state index in [0.29, 0.717) is 12.4 Å². The van der Waals surface area contributed by atoms with Gasteiger partial charge in [0.15, 0.2) is 0 Å². The van der Waals surface area contributed by atoms with Gasteiger partial charge in [0.2, 0.25) is 5.75 Å². The van der Waals surface area contributed by atoms with Crippen LogP contribution in [0.15, 0.2) is 71.7 Å². The standard InChI is InChI=1S/C24H26N4O2/c1-2-7-19-10-6-11-21(16-19)28-24(29)23(30-18-20-8-4-3-5-9-20)22(17-26-28)27-14-12-25-13-15-27/h2-11,16-17,25H,12-15,18H2,1H3/p+1/b7-2-. The molecule has 0 aliphatic carbocycles. The predicted molar refractivity (Wildman–Crippen MR) is 119 cm³/mol. The third-order valence-corrected chi connectivity index (χ3v) is 5.16. The molecule has 1 aliphatic rings. The first kappa shape index (κ1) is 19.9. The van der Waals surface area contributed by atoms with Gasteiger partial charge in [-0.15, -0.1) is 0 Å². The third kappa shape index (κ3) is 4.44. The van der Waals surface area contributed by atoms with Gasteiger partial charge in [0, 0.05) is 0 Å². The van der Waals surface area contributed by atoms with Crippen LogP contribution in [0.5, 0.6) is 5.75 Å². The molecule has 1 fully saturated rings. The lowest BCUT2D eigenvalue weighted by molar-refractivity contribution is -0.655. The Morgan fingerprint density at radius 2 is 1.90 bits per heavy atom. The lowest BCUT2D eigenvalue weighted by Crippen LogP contribution is -2.89. The molecule has 3 aromatic rings. The van der Waals surface area contributed by atoms with Crippen LogP contribution in [-0.4, -0.2) is 36.0 Å². The van der Waals surface area contributed by atoms with Crippen molar-refractivity contribution >= 4 is 11.8 Å². The monoisotopic (exact) mass is 403 g/mol. The fourth-order valence-corrected chi connectivity index (χ4v) is 3.65. The summed E-state index contributed by atoms with van der Waals surface area (Å²) in [5.41, 5.74) is 3.29. The van der Waals surface area contributed by atoms with E-state index in [9.17, 15) is 4.79 Å². The molecule has 2 N–H and O–H groups in total. The third-order valence-electron chi connectivity index (χ3n) is 5.16. The number of nitrogens with zero attached hydrogens (tertiary/aromatic N) is 3. The molecule has 6 nitrogen and oxygen atoms in total. The molecule has 0 radical (unpaired) electrons. The van der Waals surface area contributed by atoms with E-state index in [1.807, 2.05) is 73.7 Å². The van der Waals surface area contributed by atoms with Crippen LogP contribution in [0.2, 0.25) is 0 Å². The number of piperazine rings is 1. The van der Waals surface area contributed by atoms with Crippen molar-refractivity contribution in [3.05, 3.63) is 88.4 Å². The Morgan fingerprint density at radius 1 is 1.10 bits per heavy atom. The molecule has 2 aromatic carbocycles. The highest BCUT2D eigenvalue weighted by Gasteiger charge is 2.22. The van der Waals surface area contributed by atoms with Gasteiger partial charge in [-0.05, 0) is 30.2 Å². The van der Waals surface area contributed by atoms with Crippen molar-refractivity contribution in [1.29, 1.82) is 0 Å². The summed E-state index contributed by atoms with van der Waals surface area (Å²) in [6.07, 6.45) is 5.73. The second-order valence-electron chi connectivity index (χ2n) is 7.30. The molecular formula is C24H27N4O2+. The first-order valence-electron chi connectivity index (χ1n) is 10.3. The Kier molecular flexibility index (Phi) is 6.25. The SMILES string of the molecule is C/C=C\c1cccc(-n2ncc(N3CC[NH2+]CC3)c(OCc3ccccc3)c2=O)c1. The summed E-state index contributed by atoms with van der Waals surface area (Å²) in [5, 5.41) is 6.77. The van der Waals surface area contributed by atoms with Crippen LogP contribution in [0.4, 0.5) is 5.69 Å². The van der Waals surface area contributed by atoms with Crippen molar-refractivity contribution in [2.24, 2.45) is 0 Å². The van der Waals surface area contributed by atoms with Crippen LogP contribution in [0.1, 0.15) is 18.1 Å². The number of hydrogen-bond acceptors (Lipinski definition) is 4. The van der Waals surface area contributed by atoms with Gasteiger partial charge in [-0.1, -0.05) is 54.6 Å². The number of benzene rings is 2. The number of anilines is 1. The Hall–Kier alpha value is -3.38. The minimum atomic E-state index is -0.240. The smallest absolute Gasteiger partial charge is 0.316 e. The average molecular weight is 404 g/mol. The fourth-order valence-electron chi connectivity index (χ4n) is 3.65. The summed E-state index contributed by atoms with van der Waals surface area (Å²) in [7, 11) is 0. The van der Waals surface area contributed by atoms with Gasteiger partial charge >= 0.3 is 5.56 Å². The number of aromatic nitrogens is 2. The molecule has 4 rings (SSSR count). The van der Waals surface area contributed by atoms with E-state index in [1.54, 1.807) is 6.20 Å². The first-order valence-corrected chi connectivity index (χ1v) is 10.3. The van der Waals surface area contributed by atoms with Gasteiger partial charge in [-0.3, -0.25) is 4.79 Å². The molecule has 0 amide bonds. The van der Waals surface area contributed by atoms with E-state index in [2.05, 4.69) is 15.3 Å². The highest BCUT2D eigenvalue weighted by atomic mass is 16.5. The van der Waals surface area contributed by atoms with E-state index in [0.717, 1.165) is 48.7 Å². The van der Waals surface area contributed by atoms with Crippen LogP contribution < -0.4 is 20.5 Å². The summed E-state index contributed by atoms with van der Waals surface area (Å²) in [6, 6.07) is 17.7. The maximum atomic E-state index is 13.4. The molecule has 1 aliphatic heterocycles. The lowest BCUT2D eigenvalue weighted by Gasteiger charge is -2.28. The van der Waals surface area contributed by atoms with Gasteiger partial charge in [0.1, 0.15) is 12.3 Å². The molecule has 6 heteroatoms. The molecule has 2 heterocycles. The van der Waals surface area contributed by atoms with Crippen molar-refractivity contribution in [3.8, 4) is 11.4 Å². The number of ether oxygens (including phenoxy) is 1. The minimum absolute atomic E-state index is 0.240. The molecule has 154 valence electrons. The molecular weight excluding hydrogens is 376 g/mol. The maximum absolute atomic E-state index is 13.4. The number of quaternary nitrogens is 1. The van der Waals surface area contributed by atoms with Crippen LogP contribution in [-0.2, 0) is 6.61 Å². The molecule has 0 saturated carbocycles. The number of nitrogens with two attached hydrogens (primary N) is 1. The lowest BCUT2D eigenvalue weighted by atomic mass is 10.2. The zero-order valence-electron chi connectivity index (χ0n) is 17.2. The summed E-state index contributed by atoms with van der Waals surface area (Å²) in [5.74, 6) is 0.354. The van der Waals surface area contributed by atoms with E-state index >= 15 is 0 Å². The van der Waals surface area contributed by atoms with Crippen molar-refractivity contribution in [3.63, 3.8) is 0 Å². The van der Waals surface area contributed by atoms with Gasteiger partial charge in [-0.2, -0.15) is 9.78 Å². The Bertz CT molecular complexity index is 1070. The zero-order valence-corrected chi connectivity index (χ0v) is 17.2. The molecule has 0 spiro atoms. The average Bonchev–Trinajstić information content (AvgIpc) is 2.80. The van der Waals surface area contributed by atoms with Crippen molar-refractivity contribution in [2.75, 3.05) is 31.1 Å². The van der Waals surface area contributed by atoms with Crippen molar-refractivity contribution < 1.29 is 10.1 Å². The van der Waals surface area contributed by atoms with Crippen LogP contribution >= 0.6 is 0 Å². The van der Waals surface area contributed by atoms with Crippen LogP contribution in [0.25, 0.3) is 11.8 Å². The van der Waals surface area contributed by atoms with E-state index < -0.39 is 0 Å². The topological polar surface area (TPSA) is 64.0 Å². The highest BCUT2D eigenvalue weighted by Crippen LogP contribution is 2.25. The van der Waals surface area contributed by atoms with Crippen LogP contribution in [0.3, 0.4) is 0 Å². The Balaban J connectivity index is 1.74. The normalized spacial score (nSPS) is 14.2. The Morgan fingerprint density at radius 3 is 2.67 bits per heavy atom. The quantitative estimate of drug-likeness (QED) is 0.686. The second-order valence-corrected chi connectivity index (χ2v) is 7.30. The number of rotatable bonds is 6. The molecule has 0 atom stereocenters. The summed E-state index contributed by atoms with van der Waals surface area (Å²) < 4.78 is 7.53. The largest absolute Gasteiger partial charge is 0.481 e.